The Balaban J connectivity index is 1.43. The molecule has 2 heterocycles. The summed E-state index contributed by atoms with van der Waals surface area (Å²) in [5, 5.41) is 1.66. The van der Waals surface area contributed by atoms with Crippen LogP contribution < -0.4 is 9.44 Å². The van der Waals surface area contributed by atoms with Crippen LogP contribution in [-0.4, -0.2) is 43.8 Å². The number of H-pyrrole nitrogens is 1. The Morgan fingerprint density at radius 1 is 1.03 bits per heavy atom. The lowest BCUT2D eigenvalue weighted by atomic mass is 10.1. The molecule has 3 unspecified atom stereocenters. The fourth-order valence-electron chi connectivity index (χ4n) is 3.43. The lowest BCUT2D eigenvalue weighted by Gasteiger charge is -2.29. The summed E-state index contributed by atoms with van der Waals surface area (Å²) in [7, 11) is -1.23. The van der Waals surface area contributed by atoms with Crippen LogP contribution in [0.3, 0.4) is 0 Å². The van der Waals surface area contributed by atoms with Crippen LogP contribution in [0.15, 0.2) is 52.4 Å². The monoisotopic (exact) mass is 498 g/mol. The summed E-state index contributed by atoms with van der Waals surface area (Å²) in [6.07, 6.45) is 2.72. The van der Waals surface area contributed by atoms with Crippen LogP contribution in [0.4, 0.5) is 5.69 Å². The number of rotatable bonds is 6. The molecule has 1 aromatic heterocycles. The Bertz CT molecular complexity index is 1180. The number of carbonyl (C=O) groups excluding carboxylic acids is 1. The molecule has 0 saturated carbocycles. The van der Waals surface area contributed by atoms with Crippen LogP contribution in [0.5, 0.6) is 0 Å². The van der Waals surface area contributed by atoms with Gasteiger partial charge in [-0.2, -0.15) is 0 Å². The van der Waals surface area contributed by atoms with Crippen molar-refractivity contribution in [2.45, 2.75) is 28.7 Å². The van der Waals surface area contributed by atoms with E-state index in [1.165, 1.54) is 0 Å². The number of halogens is 2. The second kappa shape index (κ2) is 9.30. The Labute approximate surface area is 194 Å². The molecule has 0 aliphatic carbocycles. The molecule has 2 aromatic carbocycles. The number of likely N-dealkylation sites (tertiary alicyclic amines) is 1. The lowest BCUT2D eigenvalue weighted by Crippen LogP contribution is -2.47. The molecule has 164 valence electrons. The summed E-state index contributed by atoms with van der Waals surface area (Å²) in [5.74, 6) is 0.0998. The van der Waals surface area contributed by atoms with Gasteiger partial charge in [-0.15, -0.1) is 0 Å². The SMILES string of the molecule is CN1CC(NS(=O)c2ccc(S(=O)Nc3ccc(Cl)c4c(Cl)c[nH]c34)cc2)CCC1=O. The van der Waals surface area contributed by atoms with Crippen molar-refractivity contribution in [3.8, 4) is 0 Å². The molecule has 3 aromatic rings. The first-order valence-corrected chi connectivity index (χ1v) is 12.5. The molecule has 4 rings (SSSR count). The largest absolute Gasteiger partial charge is 0.358 e. The highest BCUT2D eigenvalue weighted by Gasteiger charge is 2.24. The van der Waals surface area contributed by atoms with Gasteiger partial charge in [0.05, 0.1) is 31.0 Å². The number of hydrogen-bond donors (Lipinski definition) is 3. The Hall–Kier alpha value is -1.91. The predicted octanol–water partition coefficient (Wildman–Crippen LogP) is 3.84. The molecule has 3 atom stereocenters. The summed E-state index contributed by atoms with van der Waals surface area (Å²) in [5.41, 5.74) is 1.28. The second-order valence-corrected chi connectivity index (χ2v) is 10.5. The van der Waals surface area contributed by atoms with Gasteiger partial charge in [0.25, 0.3) is 0 Å². The maximum absolute atomic E-state index is 12.8. The van der Waals surface area contributed by atoms with Gasteiger partial charge in [-0.05, 0) is 42.8 Å². The average molecular weight is 499 g/mol. The minimum absolute atomic E-state index is 0.0288. The van der Waals surface area contributed by atoms with E-state index in [0.29, 0.717) is 55.8 Å². The van der Waals surface area contributed by atoms with E-state index >= 15 is 0 Å². The molecule has 1 aliphatic heterocycles. The molecule has 31 heavy (non-hydrogen) atoms. The third-order valence-corrected chi connectivity index (χ3v) is 8.06. The number of anilines is 1. The summed E-state index contributed by atoms with van der Waals surface area (Å²) in [6, 6.07) is 10.1. The van der Waals surface area contributed by atoms with Crippen molar-refractivity contribution >= 4 is 67.7 Å². The number of amides is 1. The number of carbonyl (C=O) groups is 1. The van der Waals surface area contributed by atoms with Crippen LogP contribution in [0.2, 0.25) is 10.0 Å². The third-order valence-electron chi connectivity index (χ3n) is 5.09. The van der Waals surface area contributed by atoms with Crippen molar-refractivity contribution in [3.05, 3.63) is 52.6 Å². The van der Waals surface area contributed by atoms with E-state index in [1.807, 2.05) is 0 Å². The lowest BCUT2D eigenvalue weighted by molar-refractivity contribution is -0.132. The highest BCUT2D eigenvalue weighted by Crippen LogP contribution is 2.35. The van der Waals surface area contributed by atoms with Crippen LogP contribution in [0.25, 0.3) is 10.9 Å². The number of aromatic amines is 1. The highest BCUT2D eigenvalue weighted by atomic mass is 35.5. The zero-order chi connectivity index (χ0) is 22.1. The summed E-state index contributed by atoms with van der Waals surface area (Å²) < 4.78 is 31.5. The molecule has 1 aliphatic rings. The van der Waals surface area contributed by atoms with Crippen molar-refractivity contribution in [2.24, 2.45) is 0 Å². The predicted molar refractivity (Wildman–Crippen MR) is 125 cm³/mol. The number of benzene rings is 2. The topological polar surface area (TPSA) is 94.3 Å². The van der Waals surface area contributed by atoms with E-state index in [0.717, 1.165) is 0 Å². The highest BCUT2D eigenvalue weighted by molar-refractivity contribution is 7.86. The first kappa shape index (κ1) is 22.3. The fourth-order valence-corrected chi connectivity index (χ4v) is 5.87. The normalized spacial score (nSPS) is 18.9. The third kappa shape index (κ3) is 4.80. The van der Waals surface area contributed by atoms with Gasteiger partial charge in [0.1, 0.15) is 22.0 Å². The van der Waals surface area contributed by atoms with Crippen LogP contribution in [-0.2, 0) is 26.8 Å². The van der Waals surface area contributed by atoms with Gasteiger partial charge in [-0.1, -0.05) is 23.2 Å². The number of likely N-dealkylation sites (N-methyl/N-ethyl adjacent to an activating group) is 1. The van der Waals surface area contributed by atoms with E-state index in [-0.39, 0.29) is 11.9 Å². The van der Waals surface area contributed by atoms with Gasteiger partial charge >= 0.3 is 0 Å². The van der Waals surface area contributed by atoms with E-state index in [9.17, 15) is 13.2 Å². The van der Waals surface area contributed by atoms with Crippen LogP contribution in [0, 0.1) is 0 Å². The van der Waals surface area contributed by atoms with Crippen molar-refractivity contribution in [3.63, 3.8) is 0 Å². The molecule has 1 saturated heterocycles. The molecule has 0 radical (unpaired) electrons. The summed E-state index contributed by atoms with van der Waals surface area (Å²) in [4.78, 5) is 17.4. The summed E-state index contributed by atoms with van der Waals surface area (Å²) >= 11 is 12.4. The number of nitrogens with one attached hydrogen (secondary N) is 3. The molecular formula is C20H20Cl2N4O3S2. The summed E-state index contributed by atoms with van der Waals surface area (Å²) in [6.45, 7) is 0.523. The number of fused-ring (bicyclic) bond motifs is 1. The quantitative estimate of drug-likeness (QED) is 0.481. The van der Waals surface area contributed by atoms with Gasteiger partial charge in [0.2, 0.25) is 5.91 Å². The molecule has 1 amide bonds. The second-order valence-electron chi connectivity index (χ2n) is 7.22. The molecule has 0 bridgehead atoms. The standard InChI is InChI=1S/C20H20Cl2N4O3S2/c1-26-11-12(2-9-18(26)27)24-30(28)13-3-5-14(6-4-13)31(29)25-17-8-7-15(21)19-16(22)10-23-20(17)19/h3-8,10,12,23-25H,2,9,11H2,1H3. The first-order chi connectivity index (χ1) is 14.8. The number of aromatic nitrogens is 1. The van der Waals surface area contributed by atoms with E-state index < -0.39 is 22.0 Å². The van der Waals surface area contributed by atoms with Crippen molar-refractivity contribution < 1.29 is 13.2 Å². The number of nitrogens with zero attached hydrogens (tertiary/aromatic N) is 1. The Morgan fingerprint density at radius 3 is 2.39 bits per heavy atom. The van der Waals surface area contributed by atoms with Crippen molar-refractivity contribution in [1.82, 2.24) is 14.6 Å². The van der Waals surface area contributed by atoms with E-state index in [1.54, 1.807) is 54.5 Å². The maximum Gasteiger partial charge on any atom is 0.222 e. The molecule has 11 heteroatoms. The maximum atomic E-state index is 12.8. The van der Waals surface area contributed by atoms with Crippen LogP contribution in [0.1, 0.15) is 12.8 Å². The van der Waals surface area contributed by atoms with Gasteiger partial charge in [0, 0.05) is 37.6 Å². The van der Waals surface area contributed by atoms with Gasteiger partial charge in [0.15, 0.2) is 0 Å². The first-order valence-electron chi connectivity index (χ1n) is 9.49. The van der Waals surface area contributed by atoms with Gasteiger partial charge in [-0.25, -0.2) is 13.1 Å². The molecular weight excluding hydrogens is 479 g/mol. The molecule has 0 spiro atoms. The van der Waals surface area contributed by atoms with E-state index in [4.69, 9.17) is 23.2 Å². The Morgan fingerprint density at radius 2 is 1.71 bits per heavy atom. The number of piperidine rings is 1. The molecule has 7 nitrogen and oxygen atoms in total. The molecule has 1 fully saturated rings. The van der Waals surface area contributed by atoms with Crippen molar-refractivity contribution in [1.29, 1.82) is 0 Å². The van der Waals surface area contributed by atoms with Gasteiger partial charge in [-0.3, -0.25) is 9.52 Å². The zero-order valence-corrected chi connectivity index (χ0v) is 19.6. The smallest absolute Gasteiger partial charge is 0.222 e. The average Bonchev–Trinajstić information content (AvgIpc) is 3.15. The minimum Gasteiger partial charge on any atom is -0.358 e. The number of hydrogen-bond acceptors (Lipinski definition) is 3. The van der Waals surface area contributed by atoms with Crippen LogP contribution >= 0.6 is 23.2 Å². The van der Waals surface area contributed by atoms with Crippen molar-refractivity contribution in [2.75, 3.05) is 18.3 Å². The zero-order valence-electron chi connectivity index (χ0n) is 16.5. The minimum atomic E-state index is -1.54. The molecule has 3 N–H and O–H groups in total. The van der Waals surface area contributed by atoms with Gasteiger partial charge < -0.3 is 9.88 Å². The Kier molecular flexibility index (Phi) is 6.68. The van der Waals surface area contributed by atoms with E-state index in [2.05, 4.69) is 14.4 Å². The fraction of sp³-hybridized carbons (Fsp3) is 0.250.